The lowest BCUT2D eigenvalue weighted by Gasteiger charge is -2.27. The second kappa shape index (κ2) is 5.78. The summed E-state index contributed by atoms with van der Waals surface area (Å²) in [4.78, 5) is 4.49. The first kappa shape index (κ1) is 12.8. The fourth-order valence-electron chi connectivity index (χ4n) is 2.19. The predicted molar refractivity (Wildman–Crippen MR) is 70.5 cm³/mol. The smallest absolute Gasteiger partial charge is 0.202 e. The van der Waals surface area contributed by atoms with Crippen LogP contribution in [0.15, 0.2) is 0 Å². The van der Waals surface area contributed by atoms with Crippen molar-refractivity contribution in [3.63, 3.8) is 0 Å². The normalized spacial score (nSPS) is 25.2. The van der Waals surface area contributed by atoms with Gasteiger partial charge in [0.2, 0.25) is 5.13 Å². The van der Waals surface area contributed by atoms with Gasteiger partial charge in [0.05, 0.1) is 0 Å². The van der Waals surface area contributed by atoms with E-state index in [1.54, 1.807) is 0 Å². The van der Waals surface area contributed by atoms with Gasteiger partial charge in [-0.1, -0.05) is 13.8 Å². The lowest BCUT2D eigenvalue weighted by molar-refractivity contribution is 0.186. The van der Waals surface area contributed by atoms with E-state index in [1.165, 1.54) is 11.5 Å². The summed E-state index contributed by atoms with van der Waals surface area (Å²) in [5, 5.41) is 13.5. The van der Waals surface area contributed by atoms with Gasteiger partial charge >= 0.3 is 0 Å². The highest BCUT2D eigenvalue weighted by molar-refractivity contribution is 7.09. The molecule has 1 saturated carbocycles. The molecule has 2 N–H and O–H groups in total. The molecule has 1 heterocycles. The predicted octanol–water partition coefficient (Wildman–Crippen LogP) is 2.62. The zero-order valence-corrected chi connectivity index (χ0v) is 11.3. The van der Waals surface area contributed by atoms with Crippen molar-refractivity contribution in [2.75, 3.05) is 11.9 Å². The Labute approximate surface area is 107 Å². The standard InChI is InChI=1S/C12H21N3OS/c1-8(2)11-14-12(17-15-11)13-10-5-3-9(7-16)4-6-10/h8-10,16H,3-7H2,1-2H3,(H,13,14,15). The van der Waals surface area contributed by atoms with Gasteiger partial charge < -0.3 is 10.4 Å². The molecule has 17 heavy (non-hydrogen) atoms. The van der Waals surface area contributed by atoms with Crippen LogP contribution in [-0.4, -0.2) is 27.1 Å². The van der Waals surface area contributed by atoms with Crippen molar-refractivity contribution in [3.8, 4) is 0 Å². The number of aliphatic hydroxyl groups excluding tert-OH is 1. The molecule has 0 atom stereocenters. The lowest BCUT2D eigenvalue weighted by Crippen LogP contribution is -2.27. The fraction of sp³-hybridized carbons (Fsp3) is 0.833. The minimum atomic E-state index is 0.336. The van der Waals surface area contributed by atoms with Gasteiger partial charge in [0.1, 0.15) is 5.82 Å². The van der Waals surface area contributed by atoms with Crippen molar-refractivity contribution in [1.82, 2.24) is 9.36 Å². The molecule has 0 aromatic carbocycles. The van der Waals surface area contributed by atoms with Crippen LogP contribution < -0.4 is 5.32 Å². The summed E-state index contributed by atoms with van der Waals surface area (Å²) in [5.74, 6) is 1.84. The van der Waals surface area contributed by atoms with Gasteiger partial charge in [-0.2, -0.15) is 4.37 Å². The topological polar surface area (TPSA) is 58.0 Å². The highest BCUT2D eigenvalue weighted by Crippen LogP contribution is 2.27. The van der Waals surface area contributed by atoms with E-state index in [2.05, 4.69) is 28.5 Å². The molecule has 1 fully saturated rings. The number of anilines is 1. The third kappa shape index (κ3) is 3.39. The Hall–Kier alpha value is -0.680. The molecule has 0 saturated heterocycles. The van der Waals surface area contributed by atoms with Crippen LogP contribution in [0.2, 0.25) is 0 Å². The molecule has 0 unspecified atom stereocenters. The number of hydrogen-bond donors (Lipinski definition) is 2. The van der Waals surface area contributed by atoms with Crippen LogP contribution in [0.3, 0.4) is 0 Å². The van der Waals surface area contributed by atoms with E-state index in [0.29, 0.717) is 24.5 Å². The molecule has 1 aromatic heterocycles. The van der Waals surface area contributed by atoms with Gasteiger partial charge in [-0.25, -0.2) is 4.98 Å². The van der Waals surface area contributed by atoms with Gasteiger partial charge in [-0.3, -0.25) is 0 Å². The second-order valence-corrected chi connectivity index (χ2v) is 5.91. The summed E-state index contributed by atoms with van der Waals surface area (Å²) in [5.41, 5.74) is 0. The van der Waals surface area contributed by atoms with Crippen LogP contribution in [0.25, 0.3) is 0 Å². The van der Waals surface area contributed by atoms with E-state index in [9.17, 15) is 0 Å². The van der Waals surface area contributed by atoms with Crippen molar-refractivity contribution >= 4 is 16.7 Å². The van der Waals surface area contributed by atoms with Gasteiger partial charge in [0.15, 0.2) is 0 Å². The van der Waals surface area contributed by atoms with E-state index in [0.717, 1.165) is 36.6 Å². The van der Waals surface area contributed by atoms with Gasteiger partial charge in [0.25, 0.3) is 0 Å². The van der Waals surface area contributed by atoms with Crippen LogP contribution in [0, 0.1) is 5.92 Å². The van der Waals surface area contributed by atoms with Gasteiger partial charge in [0, 0.05) is 30.1 Å². The quantitative estimate of drug-likeness (QED) is 0.868. The van der Waals surface area contributed by atoms with Gasteiger partial charge in [-0.15, -0.1) is 0 Å². The molecule has 0 aliphatic heterocycles. The van der Waals surface area contributed by atoms with Gasteiger partial charge in [-0.05, 0) is 31.6 Å². The van der Waals surface area contributed by atoms with Crippen LogP contribution >= 0.6 is 11.5 Å². The number of nitrogens with one attached hydrogen (secondary N) is 1. The molecule has 0 spiro atoms. The summed E-state index contributed by atoms with van der Waals surface area (Å²) in [6.45, 7) is 4.56. The Morgan fingerprint density at radius 3 is 2.59 bits per heavy atom. The van der Waals surface area contributed by atoms with Crippen molar-refractivity contribution in [2.24, 2.45) is 5.92 Å². The van der Waals surface area contributed by atoms with Crippen molar-refractivity contribution in [1.29, 1.82) is 0 Å². The Balaban J connectivity index is 1.84. The lowest BCUT2D eigenvalue weighted by atomic mass is 9.87. The Kier molecular flexibility index (Phi) is 4.34. The number of hydrogen-bond acceptors (Lipinski definition) is 5. The number of rotatable bonds is 4. The van der Waals surface area contributed by atoms with Crippen LogP contribution in [0.4, 0.5) is 5.13 Å². The summed E-state index contributed by atoms with van der Waals surface area (Å²) in [7, 11) is 0. The summed E-state index contributed by atoms with van der Waals surface area (Å²) in [6.07, 6.45) is 4.48. The monoisotopic (exact) mass is 255 g/mol. The molecule has 0 amide bonds. The number of nitrogens with zero attached hydrogens (tertiary/aromatic N) is 2. The summed E-state index contributed by atoms with van der Waals surface area (Å²) in [6, 6.07) is 0.505. The van der Waals surface area contributed by atoms with E-state index < -0.39 is 0 Å². The molecule has 96 valence electrons. The van der Waals surface area contributed by atoms with Crippen LogP contribution in [0.5, 0.6) is 0 Å². The molecule has 1 aliphatic carbocycles. The molecular weight excluding hydrogens is 234 g/mol. The summed E-state index contributed by atoms with van der Waals surface area (Å²) < 4.78 is 4.34. The van der Waals surface area contributed by atoms with Crippen LogP contribution in [0.1, 0.15) is 51.3 Å². The Morgan fingerprint density at radius 1 is 1.35 bits per heavy atom. The second-order valence-electron chi connectivity index (χ2n) is 5.16. The molecule has 1 aromatic rings. The largest absolute Gasteiger partial charge is 0.396 e. The molecule has 2 rings (SSSR count). The molecule has 0 bridgehead atoms. The zero-order chi connectivity index (χ0) is 12.3. The SMILES string of the molecule is CC(C)c1nsc(NC2CCC(CO)CC2)n1. The van der Waals surface area contributed by atoms with Crippen LogP contribution in [-0.2, 0) is 0 Å². The molecule has 1 aliphatic rings. The maximum Gasteiger partial charge on any atom is 0.202 e. The third-order valence-corrected chi connectivity index (χ3v) is 4.05. The molecule has 0 radical (unpaired) electrons. The zero-order valence-electron chi connectivity index (χ0n) is 10.5. The Morgan fingerprint density at radius 2 is 2.06 bits per heavy atom. The maximum atomic E-state index is 9.09. The molecular formula is C12H21N3OS. The first-order valence-corrected chi connectivity index (χ1v) is 7.17. The van der Waals surface area contributed by atoms with E-state index in [4.69, 9.17) is 5.11 Å². The minimum Gasteiger partial charge on any atom is -0.396 e. The average Bonchev–Trinajstić information content (AvgIpc) is 2.79. The first-order chi connectivity index (χ1) is 8.19. The van der Waals surface area contributed by atoms with E-state index >= 15 is 0 Å². The first-order valence-electron chi connectivity index (χ1n) is 6.40. The number of aliphatic hydroxyl groups is 1. The molecule has 5 heteroatoms. The highest BCUT2D eigenvalue weighted by atomic mass is 32.1. The number of aromatic nitrogens is 2. The average molecular weight is 255 g/mol. The maximum absolute atomic E-state index is 9.09. The van der Waals surface area contributed by atoms with E-state index in [1.807, 2.05) is 0 Å². The fourth-order valence-corrected chi connectivity index (χ4v) is 2.98. The third-order valence-electron chi connectivity index (χ3n) is 3.39. The molecule has 4 nitrogen and oxygen atoms in total. The van der Waals surface area contributed by atoms with Crippen molar-refractivity contribution < 1.29 is 5.11 Å². The van der Waals surface area contributed by atoms with Crippen molar-refractivity contribution in [2.45, 2.75) is 51.5 Å². The van der Waals surface area contributed by atoms with Crippen molar-refractivity contribution in [3.05, 3.63) is 5.82 Å². The van der Waals surface area contributed by atoms with E-state index in [-0.39, 0.29) is 0 Å². The summed E-state index contributed by atoms with van der Waals surface area (Å²) >= 11 is 1.46. The highest BCUT2D eigenvalue weighted by Gasteiger charge is 2.21. The Bertz CT molecular complexity index is 345. The minimum absolute atomic E-state index is 0.336.